The number of halogens is 1. The summed E-state index contributed by atoms with van der Waals surface area (Å²) in [7, 11) is 2.19. The molecule has 0 heterocycles. The van der Waals surface area contributed by atoms with Crippen molar-refractivity contribution >= 4 is 23.4 Å². The Morgan fingerprint density at radius 2 is 1.55 bits per heavy atom. The third-order valence-corrected chi connectivity index (χ3v) is 7.25. The molecule has 1 aliphatic rings. The fourth-order valence-corrected chi connectivity index (χ4v) is 5.36. The van der Waals surface area contributed by atoms with Crippen molar-refractivity contribution in [3.63, 3.8) is 0 Å². The zero-order valence-corrected chi connectivity index (χ0v) is 21.6. The van der Waals surface area contributed by atoms with Crippen molar-refractivity contribution in [1.29, 1.82) is 0 Å². The van der Waals surface area contributed by atoms with Gasteiger partial charge >= 0.3 is 0 Å². The van der Waals surface area contributed by atoms with Gasteiger partial charge in [-0.05, 0) is 52.5 Å². The number of hydrogen-bond acceptors (Lipinski definition) is 2. The van der Waals surface area contributed by atoms with Crippen molar-refractivity contribution in [1.82, 2.24) is 4.90 Å². The molecule has 0 aliphatic heterocycles. The Balaban J connectivity index is 1.92. The molecule has 0 fully saturated rings. The fraction of sp³-hybridized carbons (Fsp3) is 0.429. The normalized spacial score (nSPS) is 14.8. The Labute approximate surface area is 198 Å². The lowest BCUT2D eigenvalue weighted by Crippen LogP contribution is -2.22. The Morgan fingerprint density at radius 1 is 0.903 bits per heavy atom. The van der Waals surface area contributed by atoms with Gasteiger partial charge in [0, 0.05) is 34.1 Å². The van der Waals surface area contributed by atoms with Crippen molar-refractivity contribution in [3.8, 4) is 0 Å². The second-order valence-corrected chi connectivity index (χ2v) is 12.0. The zero-order valence-electron chi connectivity index (χ0n) is 20.1. The molecule has 31 heavy (non-hydrogen) atoms. The molecule has 1 aliphatic carbocycles. The molecule has 0 saturated heterocycles. The van der Waals surface area contributed by atoms with Gasteiger partial charge < -0.3 is 4.90 Å². The summed E-state index contributed by atoms with van der Waals surface area (Å²) < 4.78 is 0. The quantitative estimate of drug-likeness (QED) is 0.445. The summed E-state index contributed by atoms with van der Waals surface area (Å²) in [5.41, 5.74) is 5.17. The first kappa shape index (κ1) is 24.0. The second kappa shape index (κ2) is 9.46. The van der Waals surface area contributed by atoms with Crippen LogP contribution in [0, 0.1) is 0 Å². The van der Waals surface area contributed by atoms with Gasteiger partial charge in [-0.2, -0.15) is 0 Å². The third-order valence-electron chi connectivity index (χ3n) is 5.70. The van der Waals surface area contributed by atoms with Crippen LogP contribution in [-0.4, -0.2) is 11.9 Å². The molecule has 3 heteroatoms. The SMILES string of the molecule is CN(Cc1cc(C(C)(C)C)cc(C(C)(C)C)c1Cl)C1=CCCC=C1Sc1ccccc1. The molecule has 0 unspecified atom stereocenters. The average Bonchev–Trinajstić information content (AvgIpc) is 2.69. The summed E-state index contributed by atoms with van der Waals surface area (Å²) in [6.45, 7) is 14.4. The largest absolute Gasteiger partial charge is 0.370 e. The first-order valence-electron chi connectivity index (χ1n) is 11.1. The Hall–Kier alpha value is -1.64. The van der Waals surface area contributed by atoms with Gasteiger partial charge in [0.1, 0.15) is 0 Å². The van der Waals surface area contributed by atoms with Gasteiger partial charge in [0.05, 0.1) is 0 Å². The highest BCUT2D eigenvalue weighted by atomic mass is 35.5. The maximum absolute atomic E-state index is 7.00. The number of benzene rings is 2. The van der Waals surface area contributed by atoms with E-state index in [1.54, 1.807) is 0 Å². The Bertz CT molecular complexity index is 975. The number of hydrogen-bond donors (Lipinski definition) is 0. The lowest BCUT2D eigenvalue weighted by molar-refractivity contribution is 0.417. The lowest BCUT2D eigenvalue weighted by Gasteiger charge is -2.31. The molecule has 3 rings (SSSR count). The molecule has 0 aromatic heterocycles. The summed E-state index contributed by atoms with van der Waals surface area (Å²) in [5.74, 6) is 0. The summed E-state index contributed by atoms with van der Waals surface area (Å²) in [5, 5.41) is 0.907. The molecular weight excluding hydrogens is 418 g/mol. The number of thioether (sulfide) groups is 1. The van der Waals surface area contributed by atoms with E-state index in [-0.39, 0.29) is 10.8 Å². The highest BCUT2D eigenvalue weighted by Gasteiger charge is 2.25. The van der Waals surface area contributed by atoms with Crippen LogP contribution < -0.4 is 0 Å². The highest BCUT2D eigenvalue weighted by Crippen LogP contribution is 2.39. The summed E-state index contributed by atoms with van der Waals surface area (Å²) >= 11 is 8.85. The van der Waals surface area contributed by atoms with Gasteiger partial charge in [0.15, 0.2) is 0 Å². The van der Waals surface area contributed by atoms with Crippen LogP contribution in [0.25, 0.3) is 0 Å². The summed E-state index contributed by atoms with van der Waals surface area (Å²) in [4.78, 5) is 4.97. The summed E-state index contributed by atoms with van der Waals surface area (Å²) in [6.07, 6.45) is 6.93. The van der Waals surface area contributed by atoms with Crippen molar-refractivity contribution in [3.05, 3.63) is 86.9 Å². The van der Waals surface area contributed by atoms with Crippen molar-refractivity contribution < 1.29 is 0 Å². The van der Waals surface area contributed by atoms with E-state index >= 15 is 0 Å². The maximum atomic E-state index is 7.00. The summed E-state index contributed by atoms with van der Waals surface area (Å²) in [6, 6.07) is 15.2. The highest BCUT2D eigenvalue weighted by molar-refractivity contribution is 8.03. The monoisotopic (exact) mass is 453 g/mol. The number of likely N-dealkylation sites (N-methyl/N-ethyl adjacent to an activating group) is 1. The third kappa shape index (κ3) is 5.99. The topological polar surface area (TPSA) is 3.24 Å². The molecule has 0 saturated carbocycles. The predicted molar refractivity (Wildman–Crippen MR) is 138 cm³/mol. The molecule has 0 spiro atoms. The fourth-order valence-electron chi connectivity index (χ4n) is 3.81. The van der Waals surface area contributed by atoms with Crippen LogP contribution in [0.2, 0.25) is 5.02 Å². The smallest absolute Gasteiger partial charge is 0.0493 e. The van der Waals surface area contributed by atoms with Gasteiger partial charge in [-0.25, -0.2) is 0 Å². The first-order chi connectivity index (χ1) is 14.5. The molecule has 166 valence electrons. The van der Waals surface area contributed by atoms with Crippen molar-refractivity contribution in [2.24, 2.45) is 0 Å². The van der Waals surface area contributed by atoms with Crippen LogP contribution in [0.1, 0.15) is 71.1 Å². The maximum Gasteiger partial charge on any atom is 0.0493 e. The molecule has 0 amide bonds. The molecule has 2 aromatic rings. The van der Waals surface area contributed by atoms with Crippen molar-refractivity contribution in [2.45, 2.75) is 76.7 Å². The number of allylic oxidation sites excluding steroid dienone is 2. The van der Waals surface area contributed by atoms with Crippen LogP contribution in [0.3, 0.4) is 0 Å². The van der Waals surface area contributed by atoms with Crippen LogP contribution in [0.15, 0.2) is 70.1 Å². The van der Waals surface area contributed by atoms with Crippen LogP contribution in [0.5, 0.6) is 0 Å². The van der Waals surface area contributed by atoms with Crippen LogP contribution >= 0.6 is 23.4 Å². The van der Waals surface area contributed by atoms with Crippen molar-refractivity contribution in [2.75, 3.05) is 7.05 Å². The van der Waals surface area contributed by atoms with E-state index in [2.05, 4.69) is 108 Å². The molecule has 0 N–H and O–H groups in total. The molecule has 0 radical (unpaired) electrons. The second-order valence-electron chi connectivity index (χ2n) is 10.5. The van der Waals surface area contributed by atoms with E-state index in [1.807, 2.05) is 11.8 Å². The Morgan fingerprint density at radius 3 is 2.16 bits per heavy atom. The van der Waals surface area contributed by atoms with E-state index in [4.69, 9.17) is 11.6 Å². The van der Waals surface area contributed by atoms with Gasteiger partial charge in [-0.1, -0.05) is 107 Å². The minimum absolute atomic E-state index is 0.00396. The predicted octanol–water partition coefficient (Wildman–Crippen LogP) is 8.72. The minimum Gasteiger partial charge on any atom is -0.370 e. The molecule has 0 atom stereocenters. The van der Waals surface area contributed by atoms with Gasteiger partial charge in [0.2, 0.25) is 0 Å². The zero-order chi connectivity index (χ0) is 22.8. The lowest BCUT2D eigenvalue weighted by atomic mass is 9.79. The van der Waals surface area contributed by atoms with E-state index < -0.39 is 0 Å². The van der Waals surface area contributed by atoms with E-state index in [0.717, 1.165) is 24.4 Å². The van der Waals surface area contributed by atoms with Gasteiger partial charge in [0.25, 0.3) is 0 Å². The molecule has 0 bridgehead atoms. The number of nitrogens with zero attached hydrogens (tertiary/aromatic N) is 1. The number of rotatable bonds is 5. The standard InChI is InChI=1S/C28H36ClNS/c1-27(2,3)21-17-20(26(29)23(18-21)28(4,5)6)19-30(7)24-15-11-12-16-25(24)31-22-13-9-8-10-14-22/h8-10,13-18H,11-12,19H2,1-7H3. The van der Waals surface area contributed by atoms with E-state index in [9.17, 15) is 0 Å². The molecule has 1 nitrogen and oxygen atoms in total. The Kier molecular flexibility index (Phi) is 7.33. The van der Waals surface area contributed by atoms with E-state index in [0.29, 0.717) is 0 Å². The molecule has 2 aromatic carbocycles. The molecular formula is C28H36ClNS. The van der Waals surface area contributed by atoms with E-state index in [1.165, 1.54) is 32.2 Å². The van der Waals surface area contributed by atoms with Crippen LogP contribution in [-0.2, 0) is 17.4 Å². The van der Waals surface area contributed by atoms with Gasteiger partial charge in [-0.3, -0.25) is 0 Å². The van der Waals surface area contributed by atoms with Crippen LogP contribution in [0.4, 0.5) is 0 Å². The minimum atomic E-state index is 0.00396. The first-order valence-corrected chi connectivity index (χ1v) is 12.3. The average molecular weight is 454 g/mol. The van der Waals surface area contributed by atoms with Gasteiger partial charge in [-0.15, -0.1) is 0 Å².